The van der Waals surface area contributed by atoms with Gasteiger partial charge in [0.1, 0.15) is 11.5 Å². The third-order valence-corrected chi connectivity index (χ3v) is 4.07. The number of methoxy groups -OCH3 is 2. The van der Waals surface area contributed by atoms with Crippen LogP contribution < -0.4 is 14.8 Å². The molecule has 1 saturated heterocycles. The van der Waals surface area contributed by atoms with Gasteiger partial charge >= 0.3 is 0 Å². The molecule has 1 fully saturated rings. The Bertz CT molecular complexity index is 696. The van der Waals surface area contributed by atoms with Crippen LogP contribution in [0, 0.1) is 0 Å². The second-order valence-electron chi connectivity index (χ2n) is 5.37. The van der Waals surface area contributed by atoms with Crippen molar-refractivity contribution in [2.75, 3.05) is 20.8 Å². The van der Waals surface area contributed by atoms with Gasteiger partial charge in [-0.05, 0) is 23.8 Å². The molecule has 1 aliphatic rings. The van der Waals surface area contributed by atoms with E-state index in [9.17, 15) is 4.79 Å². The smallest absolute Gasteiger partial charge is 0.220 e. The largest absolute Gasteiger partial charge is 0.496 e. The monoisotopic (exact) mass is 297 g/mol. The predicted molar refractivity (Wildman–Crippen MR) is 85.3 cm³/mol. The molecule has 2 aromatic rings. The number of benzene rings is 2. The molecule has 3 rings (SSSR count). The molecule has 2 aromatic carbocycles. The second-order valence-corrected chi connectivity index (χ2v) is 5.37. The van der Waals surface area contributed by atoms with E-state index in [0.717, 1.165) is 28.2 Å². The van der Waals surface area contributed by atoms with E-state index in [-0.39, 0.29) is 11.8 Å². The van der Waals surface area contributed by atoms with Crippen molar-refractivity contribution < 1.29 is 14.3 Å². The first-order chi connectivity index (χ1) is 10.7. The molecule has 1 heterocycles. The van der Waals surface area contributed by atoms with Crippen LogP contribution in [0.3, 0.4) is 0 Å². The Morgan fingerprint density at radius 3 is 2.41 bits per heavy atom. The molecule has 1 N–H and O–H groups in total. The Balaban J connectivity index is 2.07. The van der Waals surface area contributed by atoms with E-state index in [4.69, 9.17) is 9.47 Å². The van der Waals surface area contributed by atoms with Crippen LogP contribution in [0.4, 0.5) is 0 Å². The van der Waals surface area contributed by atoms with E-state index >= 15 is 0 Å². The summed E-state index contributed by atoms with van der Waals surface area (Å²) in [6.45, 7) is 0.691. The topological polar surface area (TPSA) is 47.6 Å². The normalized spacial score (nSPS) is 17.2. The van der Waals surface area contributed by atoms with Crippen molar-refractivity contribution in [1.29, 1.82) is 0 Å². The first kappa shape index (κ1) is 14.4. The van der Waals surface area contributed by atoms with Gasteiger partial charge in [0, 0.05) is 30.0 Å². The fourth-order valence-electron chi connectivity index (χ4n) is 2.90. The summed E-state index contributed by atoms with van der Waals surface area (Å²) >= 11 is 0. The lowest BCUT2D eigenvalue weighted by Gasteiger charge is -2.15. The Morgan fingerprint density at radius 2 is 1.73 bits per heavy atom. The number of amides is 1. The van der Waals surface area contributed by atoms with Gasteiger partial charge in [-0.25, -0.2) is 0 Å². The highest BCUT2D eigenvalue weighted by atomic mass is 16.5. The predicted octanol–water partition coefficient (Wildman–Crippen LogP) is 2.97. The summed E-state index contributed by atoms with van der Waals surface area (Å²) in [5, 5.41) is 2.88. The molecule has 0 radical (unpaired) electrons. The number of hydrogen-bond donors (Lipinski definition) is 1. The molecular weight excluding hydrogens is 278 g/mol. The van der Waals surface area contributed by atoms with Crippen molar-refractivity contribution in [2.45, 2.75) is 12.3 Å². The molecule has 1 aliphatic heterocycles. The number of nitrogens with one attached hydrogen (secondary N) is 1. The van der Waals surface area contributed by atoms with Crippen LogP contribution in [0.15, 0.2) is 42.5 Å². The zero-order valence-electron chi connectivity index (χ0n) is 12.8. The van der Waals surface area contributed by atoms with Crippen LogP contribution in [0.2, 0.25) is 0 Å². The van der Waals surface area contributed by atoms with E-state index in [2.05, 4.69) is 11.4 Å². The summed E-state index contributed by atoms with van der Waals surface area (Å²) in [5.74, 6) is 1.93. The Kier molecular flexibility index (Phi) is 4.00. The highest BCUT2D eigenvalue weighted by Crippen LogP contribution is 2.38. The Labute approximate surface area is 130 Å². The van der Waals surface area contributed by atoms with Gasteiger partial charge in [0.05, 0.1) is 14.2 Å². The third-order valence-electron chi connectivity index (χ3n) is 4.07. The number of ether oxygens (including phenoxy) is 2. The van der Waals surface area contributed by atoms with Crippen LogP contribution >= 0.6 is 0 Å². The van der Waals surface area contributed by atoms with Gasteiger partial charge in [-0.3, -0.25) is 4.79 Å². The van der Waals surface area contributed by atoms with Crippen molar-refractivity contribution in [3.05, 3.63) is 48.0 Å². The minimum absolute atomic E-state index is 0.111. The molecule has 114 valence electrons. The SMILES string of the molecule is COc1ccccc1-c1cc(C2CNC(=O)C2)ccc1OC. The van der Waals surface area contributed by atoms with Gasteiger partial charge in [-0.15, -0.1) is 0 Å². The lowest BCUT2D eigenvalue weighted by atomic mass is 9.93. The Hall–Kier alpha value is -2.49. The maximum Gasteiger partial charge on any atom is 0.220 e. The van der Waals surface area contributed by atoms with Crippen molar-refractivity contribution in [1.82, 2.24) is 5.32 Å². The number of carbonyl (C=O) groups excluding carboxylic acids is 1. The van der Waals surface area contributed by atoms with E-state index in [1.807, 2.05) is 36.4 Å². The molecular formula is C18H19NO3. The third kappa shape index (κ3) is 2.64. The number of carbonyl (C=O) groups is 1. The van der Waals surface area contributed by atoms with Crippen LogP contribution in [-0.2, 0) is 4.79 Å². The minimum atomic E-state index is 0.111. The van der Waals surface area contributed by atoms with Crippen molar-refractivity contribution >= 4 is 5.91 Å². The molecule has 22 heavy (non-hydrogen) atoms. The molecule has 0 saturated carbocycles. The summed E-state index contributed by atoms with van der Waals surface area (Å²) in [6.07, 6.45) is 0.539. The number of hydrogen-bond acceptors (Lipinski definition) is 3. The fourth-order valence-corrected chi connectivity index (χ4v) is 2.90. The molecule has 0 aliphatic carbocycles. The molecule has 0 bridgehead atoms. The minimum Gasteiger partial charge on any atom is -0.496 e. The zero-order valence-corrected chi connectivity index (χ0v) is 12.8. The van der Waals surface area contributed by atoms with Gasteiger partial charge in [-0.1, -0.05) is 24.3 Å². The van der Waals surface area contributed by atoms with Gasteiger partial charge < -0.3 is 14.8 Å². The first-order valence-corrected chi connectivity index (χ1v) is 7.31. The van der Waals surface area contributed by atoms with E-state index in [1.165, 1.54) is 0 Å². The molecule has 1 atom stereocenters. The van der Waals surface area contributed by atoms with Crippen LogP contribution in [0.1, 0.15) is 17.9 Å². The maximum absolute atomic E-state index is 11.4. The lowest BCUT2D eigenvalue weighted by Crippen LogP contribution is -2.13. The maximum atomic E-state index is 11.4. The summed E-state index contributed by atoms with van der Waals surface area (Å²) in [7, 11) is 3.32. The molecule has 1 amide bonds. The van der Waals surface area contributed by atoms with Gasteiger partial charge in [0.25, 0.3) is 0 Å². The first-order valence-electron chi connectivity index (χ1n) is 7.31. The van der Waals surface area contributed by atoms with Crippen LogP contribution in [-0.4, -0.2) is 26.7 Å². The molecule has 0 aromatic heterocycles. The lowest BCUT2D eigenvalue weighted by molar-refractivity contribution is -0.119. The molecule has 4 nitrogen and oxygen atoms in total. The van der Waals surface area contributed by atoms with Gasteiger partial charge in [0.2, 0.25) is 5.91 Å². The summed E-state index contributed by atoms with van der Waals surface area (Å²) < 4.78 is 11.0. The Morgan fingerprint density at radius 1 is 1.00 bits per heavy atom. The number of para-hydroxylation sites is 1. The van der Waals surface area contributed by atoms with Crippen molar-refractivity contribution in [2.24, 2.45) is 0 Å². The fraction of sp³-hybridized carbons (Fsp3) is 0.278. The summed E-state index contributed by atoms with van der Waals surface area (Å²) in [5.41, 5.74) is 3.11. The van der Waals surface area contributed by atoms with E-state index < -0.39 is 0 Å². The van der Waals surface area contributed by atoms with Gasteiger partial charge in [-0.2, -0.15) is 0 Å². The highest BCUT2D eigenvalue weighted by molar-refractivity contribution is 5.80. The highest BCUT2D eigenvalue weighted by Gasteiger charge is 2.24. The van der Waals surface area contributed by atoms with Crippen LogP contribution in [0.5, 0.6) is 11.5 Å². The van der Waals surface area contributed by atoms with Crippen LogP contribution in [0.25, 0.3) is 11.1 Å². The molecule has 1 unspecified atom stereocenters. The van der Waals surface area contributed by atoms with Gasteiger partial charge in [0.15, 0.2) is 0 Å². The standard InChI is InChI=1S/C18H19NO3/c1-21-16-6-4-3-5-14(16)15-9-12(7-8-17(15)22-2)13-10-18(20)19-11-13/h3-9,13H,10-11H2,1-2H3,(H,19,20). The number of rotatable bonds is 4. The second kappa shape index (κ2) is 6.10. The van der Waals surface area contributed by atoms with Crippen molar-refractivity contribution in [3.63, 3.8) is 0 Å². The van der Waals surface area contributed by atoms with Crippen molar-refractivity contribution in [3.8, 4) is 22.6 Å². The molecule has 4 heteroatoms. The summed E-state index contributed by atoms with van der Waals surface area (Å²) in [4.78, 5) is 11.4. The molecule has 0 spiro atoms. The average Bonchev–Trinajstić information content (AvgIpc) is 3.00. The zero-order chi connectivity index (χ0) is 15.5. The average molecular weight is 297 g/mol. The summed E-state index contributed by atoms with van der Waals surface area (Å²) in [6, 6.07) is 14.0. The van der Waals surface area contributed by atoms with E-state index in [0.29, 0.717) is 13.0 Å². The van der Waals surface area contributed by atoms with E-state index in [1.54, 1.807) is 14.2 Å². The quantitative estimate of drug-likeness (QED) is 0.944.